The molecule has 2 aromatic carbocycles. The summed E-state index contributed by atoms with van der Waals surface area (Å²) in [6, 6.07) is 12.6. The number of rotatable bonds is 12. The van der Waals surface area contributed by atoms with E-state index < -0.39 is 10.0 Å². The highest BCUT2D eigenvalue weighted by Crippen LogP contribution is 2.35. The number of anilines is 1. The lowest BCUT2D eigenvalue weighted by Gasteiger charge is -2.32. The number of likely N-dealkylation sites (N-methyl/N-ethyl adjacent to an activating group) is 1. The third-order valence-electron chi connectivity index (χ3n) is 7.60. The molecule has 7 nitrogen and oxygen atoms in total. The van der Waals surface area contributed by atoms with Gasteiger partial charge in [-0.3, -0.25) is 9.69 Å². The summed E-state index contributed by atoms with van der Waals surface area (Å²) in [5.41, 5.74) is 1.37. The second-order valence-electron chi connectivity index (χ2n) is 9.81. The van der Waals surface area contributed by atoms with Crippen LogP contribution >= 0.6 is 23.1 Å². The van der Waals surface area contributed by atoms with E-state index in [0.717, 1.165) is 60.4 Å². The molecule has 0 radical (unpaired) electrons. The number of amides is 1. The number of aromatic nitrogens is 1. The van der Waals surface area contributed by atoms with Crippen LogP contribution in [0.4, 0.5) is 5.13 Å². The standard InChI is InChI=1S/C29H40N4O3S3/c1-5-31(6-2)20-21-32(29-30-27-25(37-4)14-11-15-26(27)38-29)28(34)22-16-18-24(19-17-22)39(35,36)33(7-3)23-12-9-8-10-13-23/h11,14-19,23H,5-10,12-13,20-21H2,1-4H3. The molecule has 0 N–H and O–H groups in total. The van der Waals surface area contributed by atoms with E-state index in [0.29, 0.717) is 23.8 Å². The average molecular weight is 589 g/mol. The lowest BCUT2D eigenvalue weighted by molar-refractivity contribution is 0.0983. The van der Waals surface area contributed by atoms with Crippen LogP contribution in [0.15, 0.2) is 52.3 Å². The fourth-order valence-electron chi connectivity index (χ4n) is 5.31. The second kappa shape index (κ2) is 13.6. The zero-order chi connectivity index (χ0) is 28.0. The first-order valence-corrected chi connectivity index (χ1v) is 17.4. The van der Waals surface area contributed by atoms with Crippen molar-refractivity contribution >= 4 is 54.4 Å². The molecule has 0 saturated heterocycles. The molecule has 1 heterocycles. The van der Waals surface area contributed by atoms with Crippen LogP contribution in [0.3, 0.4) is 0 Å². The van der Waals surface area contributed by atoms with Gasteiger partial charge in [0.1, 0.15) is 0 Å². The van der Waals surface area contributed by atoms with Crippen molar-refractivity contribution in [2.24, 2.45) is 0 Å². The van der Waals surface area contributed by atoms with Crippen molar-refractivity contribution < 1.29 is 13.2 Å². The molecule has 1 amide bonds. The van der Waals surface area contributed by atoms with Crippen LogP contribution in [0.1, 0.15) is 63.2 Å². The molecular weight excluding hydrogens is 549 g/mol. The predicted octanol–water partition coefficient (Wildman–Crippen LogP) is 6.35. The van der Waals surface area contributed by atoms with Crippen molar-refractivity contribution in [2.75, 3.05) is 43.9 Å². The molecule has 10 heteroatoms. The number of nitrogens with zero attached hydrogens (tertiary/aromatic N) is 4. The van der Waals surface area contributed by atoms with Gasteiger partial charge in [-0.1, -0.05) is 57.4 Å². The molecule has 1 saturated carbocycles. The molecule has 3 aromatic rings. The van der Waals surface area contributed by atoms with Crippen molar-refractivity contribution in [2.45, 2.75) is 68.7 Å². The lowest BCUT2D eigenvalue weighted by Crippen LogP contribution is -2.41. The molecule has 212 valence electrons. The second-order valence-corrected chi connectivity index (χ2v) is 13.6. The minimum absolute atomic E-state index is 0.0517. The Morgan fingerprint density at radius 1 is 0.974 bits per heavy atom. The maximum Gasteiger partial charge on any atom is 0.260 e. The van der Waals surface area contributed by atoms with Crippen molar-refractivity contribution in [1.82, 2.24) is 14.2 Å². The molecule has 1 aliphatic carbocycles. The maximum absolute atomic E-state index is 13.9. The molecule has 0 spiro atoms. The minimum Gasteiger partial charge on any atom is -0.302 e. The van der Waals surface area contributed by atoms with Gasteiger partial charge in [0, 0.05) is 36.1 Å². The Morgan fingerprint density at radius 3 is 2.28 bits per heavy atom. The smallest absolute Gasteiger partial charge is 0.260 e. The van der Waals surface area contributed by atoms with Crippen LogP contribution in [0, 0.1) is 0 Å². The van der Waals surface area contributed by atoms with Gasteiger partial charge in [0.2, 0.25) is 10.0 Å². The zero-order valence-corrected chi connectivity index (χ0v) is 25.9. The number of thioether (sulfide) groups is 1. The number of para-hydroxylation sites is 1. The van der Waals surface area contributed by atoms with Gasteiger partial charge >= 0.3 is 0 Å². The highest BCUT2D eigenvalue weighted by Gasteiger charge is 2.31. The normalized spacial score (nSPS) is 14.9. The maximum atomic E-state index is 13.9. The van der Waals surface area contributed by atoms with Gasteiger partial charge in [0.25, 0.3) is 5.91 Å². The highest BCUT2D eigenvalue weighted by atomic mass is 32.2. The van der Waals surface area contributed by atoms with Crippen molar-refractivity contribution in [3.05, 3.63) is 48.0 Å². The Balaban J connectivity index is 1.63. The van der Waals surface area contributed by atoms with E-state index in [1.54, 1.807) is 45.2 Å². The minimum atomic E-state index is -3.63. The summed E-state index contributed by atoms with van der Waals surface area (Å²) in [6.07, 6.45) is 7.15. The van der Waals surface area contributed by atoms with E-state index in [9.17, 15) is 13.2 Å². The number of hydrogen-bond donors (Lipinski definition) is 0. The van der Waals surface area contributed by atoms with E-state index in [1.807, 2.05) is 31.4 Å². The molecule has 0 atom stereocenters. The fraction of sp³-hybridized carbons (Fsp3) is 0.517. The predicted molar refractivity (Wildman–Crippen MR) is 164 cm³/mol. The molecule has 0 aliphatic heterocycles. The topological polar surface area (TPSA) is 73.8 Å². The first kappa shape index (κ1) is 30.0. The first-order chi connectivity index (χ1) is 18.8. The van der Waals surface area contributed by atoms with Gasteiger partial charge in [-0.2, -0.15) is 4.31 Å². The lowest BCUT2D eigenvalue weighted by atomic mass is 9.95. The first-order valence-electron chi connectivity index (χ1n) is 13.9. The van der Waals surface area contributed by atoms with Crippen LogP contribution in [0.5, 0.6) is 0 Å². The Kier molecular flexibility index (Phi) is 10.4. The molecular formula is C29H40N4O3S3. The summed E-state index contributed by atoms with van der Waals surface area (Å²) in [5.74, 6) is -0.171. The van der Waals surface area contributed by atoms with Crippen LogP contribution in [0.25, 0.3) is 10.2 Å². The quantitative estimate of drug-likeness (QED) is 0.230. The Morgan fingerprint density at radius 2 is 1.67 bits per heavy atom. The molecule has 0 bridgehead atoms. The van der Waals surface area contributed by atoms with Crippen molar-refractivity contribution in [3.8, 4) is 0 Å². The SMILES string of the molecule is CCN(CC)CCN(C(=O)c1ccc(S(=O)(=O)N(CC)C2CCCCC2)cc1)c1nc2c(SC)cccc2s1. The molecule has 1 aromatic heterocycles. The molecule has 0 unspecified atom stereocenters. The van der Waals surface area contributed by atoms with Crippen LogP contribution in [0.2, 0.25) is 0 Å². The molecule has 4 rings (SSSR count). The van der Waals surface area contributed by atoms with Crippen LogP contribution in [-0.4, -0.2) is 73.5 Å². The van der Waals surface area contributed by atoms with Crippen molar-refractivity contribution in [1.29, 1.82) is 0 Å². The molecule has 39 heavy (non-hydrogen) atoms. The third kappa shape index (κ3) is 6.68. The highest BCUT2D eigenvalue weighted by molar-refractivity contribution is 7.98. The number of sulfonamides is 1. The van der Waals surface area contributed by atoms with Gasteiger partial charge in [-0.15, -0.1) is 11.8 Å². The summed E-state index contributed by atoms with van der Waals surface area (Å²) >= 11 is 3.16. The zero-order valence-electron chi connectivity index (χ0n) is 23.4. The Hall–Kier alpha value is -1.98. The number of carbonyl (C=O) groups excluding carboxylic acids is 1. The van der Waals surface area contributed by atoms with E-state index in [-0.39, 0.29) is 16.8 Å². The number of fused-ring (bicyclic) bond motifs is 1. The van der Waals surface area contributed by atoms with E-state index in [2.05, 4.69) is 18.7 Å². The summed E-state index contributed by atoms with van der Waals surface area (Å²) in [4.78, 5) is 24.1. The number of carbonyl (C=O) groups is 1. The number of hydrogen-bond acceptors (Lipinski definition) is 7. The van der Waals surface area contributed by atoms with Gasteiger partial charge in [-0.05, 0) is 68.6 Å². The molecule has 1 fully saturated rings. The average Bonchev–Trinajstić information content (AvgIpc) is 3.40. The van der Waals surface area contributed by atoms with E-state index in [1.165, 1.54) is 17.8 Å². The summed E-state index contributed by atoms with van der Waals surface area (Å²) in [7, 11) is -3.63. The van der Waals surface area contributed by atoms with Gasteiger partial charge in [0.05, 0.1) is 15.1 Å². The Bertz CT molecular complexity index is 1350. The van der Waals surface area contributed by atoms with E-state index in [4.69, 9.17) is 4.98 Å². The number of benzene rings is 2. The summed E-state index contributed by atoms with van der Waals surface area (Å²) in [6.45, 7) is 9.60. The molecule has 1 aliphatic rings. The van der Waals surface area contributed by atoms with Gasteiger partial charge in [0.15, 0.2) is 5.13 Å². The monoisotopic (exact) mass is 588 g/mol. The number of thiazole rings is 1. The Labute approximate surface area is 241 Å². The largest absolute Gasteiger partial charge is 0.302 e. The van der Waals surface area contributed by atoms with Gasteiger partial charge in [-0.25, -0.2) is 13.4 Å². The van der Waals surface area contributed by atoms with Crippen molar-refractivity contribution in [3.63, 3.8) is 0 Å². The summed E-state index contributed by atoms with van der Waals surface area (Å²) < 4.78 is 29.7. The fourth-order valence-corrected chi connectivity index (χ4v) is 8.65. The third-order valence-corrected chi connectivity index (χ3v) is 11.5. The summed E-state index contributed by atoms with van der Waals surface area (Å²) in [5, 5.41) is 0.662. The van der Waals surface area contributed by atoms with Crippen LogP contribution in [-0.2, 0) is 10.0 Å². The van der Waals surface area contributed by atoms with Gasteiger partial charge < -0.3 is 4.90 Å². The van der Waals surface area contributed by atoms with Crippen LogP contribution < -0.4 is 4.90 Å². The van der Waals surface area contributed by atoms with E-state index >= 15 is 0 Å².